The van der Waals surface area contributed by atoms with Gasteiger partial charge in [-0.3, -0.25) is 0 Å². The van der Waals surface area contributed by atoms with E-state index in [1.807, 2.05) is 0 Å². The predicted molar refractivity (Wildman–Crippen MR) is 100 cm³/mol. The van der Waals surface area contributed by atoms with E-state index in [1.54, 1.807) is 26.2 Å². The standard InChI is InChI=1S/C15H22Cl2N2O3S.ClH/c1-11-3-4-12(16)14(13(11)17)23(20,21)19-9-15(10-22-2)5-7-18-8-6-15;/h3-4,18-19H,5-10H2,1-2H3;1H. The van der Waals surface area contributed by atoms with Crippen molar-refractivity contribution < 1.29 is 13.2 Å². The first-order valence-corrected chi connectivity index (χ1v) is 9.69. The van der Waals surface area contributed by atoms with Gasteiger partial charge in [0.05, 0.1) is 16.7 Å². The Morgan fingerprint density at radius 1 is 1.29 bits per heavy atom. The van der Waals surface area contributed by atoms with Gasteiger partial charge in [-0.1, -0.05) is 29.3 Å². The Labute approximate surface area is 159 Å². The van der Waals surface area contributed by atoms with Crippen molar-refractivity contribution in [3.05, 3.63) is 27.7 Å². The second kappa shape index (κ2) is 9.03. The largest absolute Gasteiger partial charge is 0.384 e. The van der Waals surface area contributed by atoms with Gasteiger partial charge in [0.15, 0.2) is 0 Å². The average molecular weight is 418 g/mol. The molecule has 1 aliphatic heterocycles. The summed E-state index contributed by atoms with van der Waals surface area (Å²) in [6.45, 7) is 4.24. The molecule has 2 rings (SSSR count). The van der Waals surface area contributed by atoms with Crippen LogP contribution in [0.4, 0.5) is 0 Å². The highest BCUT2D eigenvalue weighted by Gasteiger charge is 2.34. The van der Waals surface area contributed by atoms with Crippen molar-refractivity contribution in [2.45, 2.75) is 24.7 Å². The molecule has 2 N–H and O–H groups in total. The van der Waals surface area contributed by atoms with Crippen LogP contribution in [0.3, 0.4) is 0 Å². The number of rotatable bonds is 6. The van der Waals surface area contributed by atoms with Crippen LogP contribution in [0.25, 0.3) is 0 Å². The highest BCUT2D eigenvalue weighted by molar-refractivity contribution is 7.89. The summed E-state index contributed by atoms with van der Waals surface area (Å²) in [5.74, 6) is 0. The first kappa shape index (κ1) is 22.0. The van der Waals surface area contributed by atoms with E-state index in [0.717, 1.165) is 25.9 Å². The lowest BCUT2D eigenvalue weighted by Gasteiger charge is -2.37. The lowest BCUT2D eigenvalue weighted by atomic mass is 9.80. The highest BCUT2D eigenvalue weighted by atomic mass is 35.5. The van der Waals surface area contributed by atoms with E-state index in [1.165, 1.54) is 0 Å². The monoisotopic (exact) mass is 416 g/mol. The van der Waals surface area contributed by atoms with Gasteiger partial charge in [-0.15, -0.1) is 12.4 Å². The van der Waals surface area contributed by atoms with Crippen LogP contribution in [0.15, 0.2) is 17.0 Å². The second-order valence-electron chi connectivity index (χ2n) is 6.01. The van der Waals surface area contributed by atoms with Crippen LogP contribution < -0.4 is 10.0 Å². The first-order chi connectivity index (χ1) is 10.8. The van der Waals surface area contributed by atoms with Crippen LogP contribution in [0, 0.1) is 12.3 Å². The minimum Gasteiger partial charge on any atom is -0.384 e. The van der Waals surface area contributed by atoms with Crippen molar-refractivity contribution in [2.75, 3.05) is 33.4 Å². The molecule has 1 saturated heterocycles. The number of nitrogens with one attached hydrogen (secondary N) is 2. The first-order valence-electron chi connectivity index (χ1n) is 7.45. The molecule has 0 radical (unpaired) electrons. The maximum Gasteiger partial charge on any atom is 0.243 e. The molecular weight excluding hydrogens is 395 g/mol. The fourth-order valence-corrected chi connectivity index (χ4v) is 5.18. The Hall–Kier alpha value is -0.0800. The zero-order valence-corrected chi connectivity index (χ0v) is 16.8. The van der Waals surface area contributed by atoms with Crippen molar-refractivity contribution in [1.29, 1.82) is 0 Å². The molecule has 24 heavy (non-hydrogen) atoms. The normalized spacial score (nSPS) is 17.3. The van der Waals surface area contributed by atoms with Gasteiger partial charge in [0.25, 0.3) is 0 Å². The van der Waals surface area contributed by atoms with Crippen molar-refractivity contribution >= 4 is 45.6 Å². The zero-order valence-electron chi connectivity index (χ0n) is 13.7. The van der Waals surface area contributed by atoms with Crippen LogP contribution in [0.2, 0.25) is 10.0 Å². The number of hydrogen-bond donors (Lipinski definition) is 2. The van der Waals surface area contributed by atoms with Crippen LogP contribution in [-0.4, -0.2) is 41.8 Å². The molecule has 138 valence electrons. The molecule has 1 heterocycles. The molecule has 0 bridgehead atoms. The number of piperidine rings is 1. The summed E-state index contributed by atoms with van der Waals surface area (Å²) < 4.78 is 33.3. The third-order valence-electron chi connectivity index (χ3n) is 4.26. The average Bonchev–Trinajstić information content (AvgIpc) is 2.51. The third kappa shape index (κ3) is 4.97. The van der Waals surface area contributed by atoms with Gasteiger partial charge >= 0.3 is 0 Å². The van der Waals surface area contributed by atoms with E-state index in [-0.39, 0.29) is 32.8 Å². The maximum absolute atomic E-state index is 12.7. The molecule has 1 aliphatic rings. The Bertz CT molecular complexity index is 657. The molecule has 0 spiro atoms. The van der Waals surface area contributed by atoms with Gasteiger partial charge < -0.3 is 10.1 Å². The van der Waals surface area contributed by atoms with Gasteiger partial charge in [-0.25, -0.2) is 13.1 Å². The molecule has 0 unspecified atom stereocenters. The Kier molecular flexibility index (Phi) is 8.26. The zero-order chi connectivity index (χ0) is 17.1. The van der Waals surface area contributed by atoms with Crippen LogP contribution in [0.1, 0.15) is 18.4 Å². The minimum absolute atomic E-state index is 0. The minimum atomic E-state index is -3.79. The number of halogens is 3. The molecule has 0 saturated carbocycles. The number of sulfonamides is 1. The summed E-state index contributed by atoms with van der Waals surface area (Å²) in [5, 5.41) is 3.56. The van der Waals surface area contributed by atoms with Gasteiger partial charge in [0.2, 0.25) is 10.0 Å². The molecule has 5 nitrogen and oxygen atoms in total. The molecule has 0 amide bonds. The van der Waals surface area contributed by atoms with E-state index in [9.17, 15) is 8.42 Å². The van der Waals surface area contributed by atoms with Gasteiger partial charge in [-0.05, 0) is 44.5 Å². The lowest BCUT2D eigenvalue weighted by Crippen LogP contribution is -2.47. The van der Waals surface area contributed by atoms with Crippen molar-refractivity contribution in [1.82, 2.24) is 10.0 Å². The molecular formula is C15H23Cl3N2O3S. The van der Waals surface area contributed by atoms with Gasteiger partial charge in [-0.2, -0.15) is 0 Å². The van der Waals surface area contributed by atoms with E-state index < -0.39 is 10.0 Å². The van der Waals surface area contributed by atoms with E-state index >= 15 is 0 Å². The predicted octanol–water partition coefficient (Wildman–Crippen LogP) is 3.02. The fourth-order valence-electron chi connectivity index (χ4n) is 2.83. The SMILES string of the molecule is COCC1(CNS(=O)(=O)c2c(Cl)ccc(C)c2Cl)CCNCC1.Cl. The highest BCUT2D eigenvalue weighted by Crippen LogP contribution is 2.33. The van der Waals surface area contributed by atoms with E-state index in [4.69, 9.17) is 27.9 Å². The summed E-state index contributed by atoms with van der Waals surface area (Å²) >= 11 is 12.2. The molecule has 0 atom stereocenters. The van der Waals surface area contributed by atoms with Crippen LogP contribution in [-0.2, 0) is 14.8 Å². The summed E-state index contributed by atoms with van der Waals surface area (Å²) in [7, 11) is -2.16. The molecule has 0 aliphatic carbocycles. The molecule has 1 aromatic rings. The third-order valence-corrected chi connectivity index (χ3v) is 6.77. The number of benzene rings is 1. The summed E-state index contributed by atoms with van der Waals surface area (Å²) in [4.78, 5) is -0.0534. The van der Waals surface area contributed by atoms with Crippen LogP contribution >= 0.6 is 35.6 Å². The fraction of sp³-hybridized carbons (Fsp3) is 0.600. The lowest BCUT2D eigenvalue weighted by molar-refractivity contribution is 0.0577. The maximum atomic E-state index is 12.7. The summed E-state index contributed by atoms with van der Waals surface area (Å²) in [5.41, 5.74) is 0.459. The van der Waals surface area contributed by atoms with Crippen LogP contribution in [0.5, 0.6) is 0 Å². The smallest absolute Gasteiger partial charge is 0.243 e. The van der Waals surface area contributed by atoms with E-state index in [2.05, 4.69) is 10.0 Å². The Morgan fingerprint density at radius 2 is 1.92 bits per heavy atom. The molecule has 9 heteroatoms. The topological polar surface area (TPSA) is 67.4 Å². The Balaban J connectivity index is 0.00000288. The number of hydrogen-bond acceptors (Lipinski definition) is 4. The summed E-state index contributed by atoms with van der Waals surface area (Å²) in [6, 6.07) is 3.25. The quantitative estimate of drug-likeness (QED) is 0.746. The second-order valence-corrected chi connectivity index (χ2v) is 8.50. The molecule has 1 fully saturated rings. The van der Waals surface area contributed by atoms with Crippen molar-refractivity contribution in [3.8, 4) is 0 Å². The van der Waals surface area contributed by atoms with Gasteiger partial charge in [0, 0.05) is 19.1 Å². The van der Waals surface area contributed by atoms with Gasteiger partial charge in [0.1, 0.15) is 4.90 Å². The van der Waals surface area contributed by atoms with Crippen molar-refractivity contribution in [2.24, 2.45) is 5.41 Å². The van der Waals surface area contributed by atoms with E-state index in [0.29, 0.717) is 18.7 Å². The summed E-state index contributed by atoms with van der Waals surface area (Å²) in [6.07, 6.45) is 1.69. The number of ether oxygens (including phenoxy) is 1. The Morgan fingerprint density at radius 3 is 2.50 bits per heavy atom. The number of aryl methyl sites for hydroxylation is 1. The number of methoxy groups -OCH3 is 1. The molecule has 0 aromatic heterocycles. The van der Waals surface area contributed by atoms with Crippen molar-refractivity contribution in [3.63, 3.8) is 0 Å². The molecule has 1 aromatic carbocycles.